The maximum atomic E-state index is 5.41. The molecule has 0 bridgehead atoms. The van der Waals surface area contributed by atoms with Gasteiger partial charge in [-0.25, -0.2) is 4.99 Å². The summed E-state index contributed by atoms with van der Waals surface area (Å²) in [5.41, 5.74) is 0.993. The van der Waals surface area contributed by atoms with Crippen molar-refractivity contribution in [3.05, 3.63) is 23.8 Å². The third-order valence-corrected chi connectivity index (χ3v) is 2.66. The molecule has 5 heteroatoms. The lowest BCUT2D eigenvalue weighted by Gasteiger charge is -2.15. The Kier molecular flexibility index (Phi) is 6.70. The molecule has 0 aromatic heterocycles. The van der Waals surface area contributed by atoms with Crippen molar-refractivity contribution in [2.45, 2.75) is 33.4 Å². The standard InChI is InChI=1S/C15H25N3O2/c1-6-16-15(18-11(2)3)17-10-12-8-7-9-13(19-4)14(12)20-5/h7-9,11H,6,10H2,1-5H3,(H2,16,17,18). The molecule has 2 N–H and O–H groups in total. The quantitative estimate of drug-likeness (QED) is 0.619. The second kappa shape index (κ2) is 8.30. The molecule has 20 heavy (non-hydrogen) atoms. The molecule has 0 saturated carbocycles. The summed E-state index contributed by atoms with van der Waals surface area (Å²) in [4.78, 5) is 4.57. The summed E-state index contributed by atoms with van der Waals surface area (Å²) in [5.74, 6) is 2.26. The molecule has 1 aromatic rings. The van der Waals surface area contributed by atoms with Gasteiger partial charge in [0.1, 0.15) is 0 Å². The van der Waals surface area contributed by atoms with Crippen molar-refractivity contribution < 1.29 is 9.47 Å². The number of para-hydroxylation sites is 1. The van der Waals surface area contributed by atoms with Crippen LogP contribution in [0.15, 0.2) is 23.2 Å². The molecule has 1 rings (SSSR count). The number of hydrogen-bond acceptors (Lipinski definition) is 3. The fraction of sp³-hybridized carbons (Fsp3) is 0.533. The summed E-state index contributed by atoms with van der Waals surface area (Å²) in [7, 11) is 3.28. The summed E-state index contributed by atoms with van der Waals surface area (Å²) >= 11 is 0. The fourth-order valence-electron chi connectivity index (χ4n) is 1.84. The lowest BCUT2D eigenvalue weighted by atomic mass is 10.2. The van der Waals surface area contributed by atoms with Gasteiger partial charge in [0, 0.05) is 18.2 Å². The highest BCUT2D eigenvalue weighted by molar-refractivity contribution is 5.80. The lowest BCUT2D eigenvalue weighted by Crippen LogP contribution is -2.41. The Balaban J connectivity index is 2.90. The van der Waals surface area contributed by atoms with Crippen LogP contribution in [0.5, 0.6) is 11.5 Å². The molecule has 0 fully saturated rings. The molecule has 0 amide bonds. The van der Waals surface area contributed by atoms with Gasteiger partial charge in [-0.1, -0.05) is 12.1 Å². The molecule has 0 aliphatic carbocycles. The number of rotatable bonds is 6. The number of aliphatic imine (C=N–C) groups is 1. The lowest BCUT2D eigenvalue weighted by molar-refractivity contribution is 0.352. The number of benzene rings is 1. The molecule has 0 aliphatic heterocycles. The van der Waals surface area contributed by atoms with E-state index in [-0.39, 0.29) is 0 Å². The van der Waals surface area contributed by atoms with Crippen molar-refractivity contribution in [2.75, 3.05) is 20.8 Å². The average molecular weight is 279 g/mol. The number of guanidine groups is 1. The van der Waals surface area contributed by atoms with Crippen LogP contribution in [0.1, 0.15) is 26.3 Å². The van der Waals surface area contributed by atoms with Gasteiger partial charge < -0.3 is 20.1 Å². The molecule has 112 valence electrons. The molecule has 0 radical (unpaired) electrons. The monoisotopic (exact) mass is 279 g/mol. The molecule has 0 spiro atoms. The maximum Gasteiger partial charge on any atom is 0.191 e. The fourth-order valence-corrected chi connectivity index (χ4v) is 1.84. The van der Waals surface area contributed by atoms with Crippen LogP contribution in [0.2, 0.25) is 0 Å². The van der Waals surface area contributed by atoms with Gasteiger partial charge in [0.15, 0.2) is 17.5 Å². The van der Waals surface area contributed by atoms with Gasteiger partial charge in [0.2, 0.25) is 0 Å². The molecule has 0 heterocycles. The van der Waals surface area contributed by atoms with Crippen LogP contribution < -0.4 is 20.1 Å². The van der Waals surface area contributed by atoms with Crippen molar-refractivity contribution >= 4 is 5.96 Å². The van der Waals surface area contributed by atoms with Crippen LogP contribution in [-0.2, 0) is 6.54 Å². The molecule has 1 aromatic carbocycles. The summed E-state index contributed by atoms with van der Waals surface area (Å²) in [5, 5.41) is 6.50. The van der Waals surface area contributed by atoms with Crippen LogP contribution in [-0.4, -0.2) is 32.8 Å². The third-order valence-electron chi connectivity index (χ3n) is 2.66. The first-order chi connectivity index (χ1) is 9.62. The van der Waals surface area contributed by atoms with Crippen LogP contribution in [0, 0.1) is 0 Å². The number of nitrogens with one attached hydrogen (secondary N) is 2. The first-order valence-electron chi connectivity index (χ1n) is 6.87. The zero-order valence-electron chi connectivity index (χ0n) is 13.0. The van der Waals surface area contributed by atoms with Crippen LogP contribution in [0.25, 0.3) is 0 Å². The first-order valence-corrected chi connectivity index (χ1v) is 6.87. The molecule has 0 aliphatic rings. The van der Waals surface area contributed by atoms with E-state index in [2.05, 4.69) is 29.5 Å². The van der Waals surface area contributed by atoms with Gasteiger partial charge in [0.25, 0.3) is 0 Å². The summed E-state index contributed by atoms with van der Waals surface area (Å²) in [6.07, 6.45) is 0. The van der Waals surface area contributed by atoms with Crippen LogP contribution in [0.3, 0.4) is 0 Å². The number of nitrogens with zero attached hydrogens (tertiary/aromatic N) is 1. The Morgan fingerprint density at radius 3 is 2.55 bits per heavy atom. The first kappa shape index (κ1) is 16.1. The van der Waals surface area contributed by atoms with Crippen LogP contribution in [0.4, 0.5) is 0 Å². The highest BCUT2D eigenvalue weighted by Crippen LogP contribution is 2.30. The zero-order valence-corrected chi connectivity index (χ0v) is 13.0. The highest BCUT2D eigenvalue weighted by Gasteiger charge is 2.09. The van der Waals surface area contributed by atoms with E-state index in [1.165, 1.54) is 0 Å². The van der Waals surface area contributed by atoms with E-state index in [1.807, 2.05) is 25.1 Å². The van der Waals surface area contributed by atoms with E-state index in [4.69, 9.17) is 9.47 Å². The molecular weight excluding hydrogens is 254 g/mol. The van der Waals surface area contributed by atoms with Crippen molar-refractivity contribution in [2.24, 2.45) is 4.99 Å². The van der Waals surface area contributed by atoms with Gasteiger partial charge in [-0.05, 0) is 26.8 Å². The largest absolute Gasteiger partial charge is 0.493 e. The van der Waals surface area contributed by atoms with Crippen molar-refractivity contribution in [1.29, 1.82) is 0 Å². The Bertz CT molecular complexity index is 445. The molecular formula is C15H25N3O2. The van der Waals surface area contributed by atoms with E-state index >= 15 is 0 Å². The molecule has 0 atom stereocenters. The van der Waals surface area contributed by atoms with Crippen molar-refractivity contribution in [1.82, 2.24) is 10.6 Å². The van der Waals surface area contributed by atoms with Crippen LogP contribution >= 0.6 is 0 Å². The number of ether oxygens (including phenoxy) is 2. The molecule has 0 unspecified atom stereocenters. The predicted molar refractivity (Wildman–Crippen MR) is 82.6 cm³/mol. The predicted octanol–water partition coefficient (Wildman–Crippen LogP) is 2.17. The summed E-state index contributed by atoms with van der Waals surface area (Å²) in [6, 6.07) is 6.14. The number of methoxy groups -OCH3 is 2. The van der Waals surface area contributed by atoms with Gasteiger partial charge in [-0.3, -0.25) is 0 Å². The van der Waals surface area contributed by atoms with E-state index in [1.54, 1.807) is 14.2 Å². The highest BCUT2D eigenvalue weighted by atomic mass is 16.5. The summed E-state index contributed by atoms with van der Waals surface area (Å²) < 4.78 is 10.7. The Morgan fingerprint density at radius 2 is 2.00 bits per heavy atom. The second-order valence-electron chi connectivity index (χ2n) is 4.65. The molecule has 5 nitrogen and oxygen atoms in total. The van der Waals surface area contributed by atoms with E-state index in [0.29, 0.717) is 12.6 Å². The van der Waals surface area contributed by atoms with Gasteiger partial charge in [-0.15, -0.1) is 0 Å². The zero-order chi connectivity index (χ0) is 15.0. The van der Waals surface area contributed by atoms with E-state index in [0.717, 1.165) is 29.6 Å². The topological polar surface area (TPSA) is 54.9 Å². The number of hydrogen-bond donors (Lipinski definition) is 2. The van der Waals surface area contributed by atoms with Crippen molar-refractivity contribution in [3.8, 4) is 11.5 Å². The maximum absolute atomic E-state index is 5.41. The van der Waals surface area contributed by atoms with E-state index in [9.17, 15) is 0 Å². The third kappa shape index (κ3) is 4.64. The van der Waals surface area contributed by atoms with Gasteiger partial charge in [-0.2, -0.15) is 0 Å². The van der Waals surface area contributed by atoms with E-state index < -0.39 is 0 Å². The summed E-state index contributed by atoms with van der Waals surface area (Å²) in [6.45, 7) is 7.57. The minimum absolute atomic E-state index is 0.333. The van der Waals surface area contributed by atoms with Crippen molar-refractivity contribution in [3.63, 3.8) is 0 Å². The second-order valence-corrected chi connectivity index (χ2v) is 4.65. The van der Waals surface area contributed by atoms with Gasteiger partial charge >= 0.3 is 0 Å². The molecule has 0 saturated heterocycles. The Labute approximate surface area is 121 Å². The minimum Gasteiger partial charge on any atom is -0.493 e. The smallest absolute Gasteiger partial charge is 0.191 e. The Hall–Kier alpha value is -1.91. The van der Waals surface area contributed by atoms with Gasteiger partial charge in [0.05, 0.1) is 20.8 Å². The normalized spacial score (nSPS) is 11.4. The Morgan fingerprint density at radius 1 is 1.25 bits per heavy atom. The minimum atomic E-state index is 0.333. The average Bonchev–Trinajstić information content (AvgIpc) is 2.43. The SMILES string of the molecule is CCNC(=NCc1cccc(OC)c1OC)NC(C)C.